The van der Waals surface area contributed by atoms with Gasteiger partial charge >= 0.3 is 0 Å². The zero-order valence-electron chi connectivity index (χ0n) is 21.0. The van der Waals surface area contributed by atoms with E-state index in [9.17, 15) is 19.1 Å². The van der Waals surface area contributed by atoms with Crippen LogP contribution in [0.1, 0.15) is 50.1 Å². The van der Waals surface area contributed by atoms with Crippen molar-refractivity contribution in [2.45, 2.75) is 63.3 Å². The molecular weight excluding hydrogens is 491 g/mol. The van der Waals surface area contributed by atoms with E-state index in [1.807, 2.05) is 0 Å². The molecule has 2 atom stereocenters. The predicted molar refractivity (Wildman–Crippen MR) is 135 cm³/mol. The minimum atomic E-state index is -0.923. The van der Waals surface area contributed by atoms with E-state index in [0.29, 0.717) is 17.7 Å². The van der Waals surface area contributed by atoms with E-state index in [0.717, 1.165) is 38.5 Å². The third-order valence-electron chi connectivity index (χ3n) is 7.05. The highest BCUT2D eigenvalue weighted by Crippen LogP contribution is 2.28. The van der Waals surface area contributed by atoms with Crippen LogP contribution in [0.2, 0.25) is 0 Å². The van der Waals surface area contributed by atoms with Crippen molar-refractivity contribution in [2.24, 2.45) is 0 Å². The third-order valence-corrected chi connectivity index (χ3v) is 7.05. The molecule has 2 N–H and O–H groups in total. The number of phenols is 1. The first-order valence-corrected chi connectivity index (χ1v) is 13.0. The van der Waals surface area contributed by atoms with Gasteiger partial charge in [0.25, 0.3) is 0 Å². The molecule has 2 amide bonds. The van der Waals surface area contributed by atoms with Crippen molar-refractivity contribution >= 4 is 11.8 Å². The highest BCUT2D eigenvalue weighted by molar-refractivity contribution is 5.89. The van der Waals surface area contributed by atoms with Gasteiger partial charge in [0.15, 0.2) is 0 Å². The molecule has 0 unspecified atom stereocenters. The molecule has 5 rings (SSSR count). The smallest absolute Gasteiger partial charge is 0.247 e. The number of rotatable bonds is 9. The number of nitrogens with one attached hydrogen (secondary N) is 1. The van der Waals surface area contributed by atoms with Crippen LogP contribution in [0.3, 0.4) is 0 Å². The van der Waals surface area contributed by atoms with Crippen molar-refractivity contribution in [2.75, 3.05) is 13.2 Å². The van der Waals surface area contributed by atoms with Crippen LogP contribution >= 0.6 is 0 Å². The van der Waals surface area contributed by atoms with Crippen LogP contribution in [-0.4, -0.2) is 67.3 Å². The number of nitrogens with zero attached hydrogens (tertiary/aromatic N) is 5. The second-order valence-electron chi connectivity index (χ2n) is 9.82. The summed E-state index contributed by atoms with van der Waals surface area (Å²) in [6.07, 6.45) is 5.40. The second kappa shape index (κ2) is 11.7. The maximum atomic E-state index is 13.8. The fourth-order valence-corrected chi connectivity index (χ4v) is 5.08. The Morgan fingerprint density at radius 1 is 1.08 bits per heavy atom. The van der Waals surface area contributed by atoms with Gasteiger partial charge in [-0.25, -0.2) is 4.39 Å². The topological polar surface area (TPSA) is 122 Å². The molecule has 1 aromatic heterocycles. The van der Waals surface area contributed by atoms with Gasteiger partial charge in [-0.3, -0.25) is 9.59 Å². The standard InChI is InChI=1S/C27H31FN6O4/c28-20-11-7-19(8-12-20)26-30-32-34(31-26)17-24(36)33(16-23-6-3-15-38-23)25(18-9-13-22(35)14-10-18)27(37)29-21-4-1-2-5-21/h7-14,21,23,25,35H,1-6,15-17H2,(H,29,37)/t23-,25-/m1/s1. The Labute approximate surface area is 219 Å². The number of hydrogen-bond acceptors (Lipinski definition) is 7. The lowest BCUT2D eigenvalue weighted by atomic mass is 10.0. The number of aromatic nitrogens is 4. The Morgan fingerprint density at radius 2 is 1.82 bits per heavy atom. The fraction of sp³-hybridized carbons (Fsp3) is 0.444. The van der Waals surface area contributed by atoms with Crippen molar-refractivity contribution < 1.29 is 23.8 Å². The molecule has 2 heterocycles. The summed E-state index contributed by atoms with van der Waals surface area (Å²) in [7, 11) is 0. The number of aromatic hydroxyl groups is 1. The SMILES string of the molecule is O=C(NC1CCCC1)[C@@H](c1ccc(O)cc1)N(C[C@H]1CCCO1)C(=O)Cn1nnc(-c2ccc(F)cc2)n1. The lowest BCUT2D eigenvalue weighted by Gasteiger charge is -2.33. The van der Waals surface area contributed by atoms with Gasteiger partial charge in [-0.05, 0) is 72.9 Å². The number of ether oxygens (including phenoxy) is 1. The van der Waals surface area contributed by atoms with Gasteiger partial charge in [-0.1, -0.05) is 25.0 Å². The van der Waals surface area contributed by atoms with Crippen LogP contribution in [-0.2, 0) is 20.9 Å². The second-order valence-corrected chi connectivity index (χ2v) is 9.82. The number of tetrazole rings is 1. The molecule has 2 aromatic carbocycles. The Bertz CT molecular complexity index is 1240. The molecule has 200 valence electrons. The first-order chi connectivity index (χ1) is 18.5. The van der Waals surface area contributed by atoms with Gasteiger partial charge in [-0.2, -0.15) is 4.80 Å². The molecule has 0 spiro atoms. The van der Waals surface area contributed by atoms with E-state index in [1.165, 1.54) is 46.1 Å². The first-order valence-electron chi connectivity index (χ1n) is 13.0. The van der Waals surface area contributed by atoms with Crippen molar-refractivity contribution in [1.82, 2.24) is 30.4 Å². The molecule has 3 aromatic rings. The molecule has 1 aliphatic heterocycles. The van der Waals surface area contributed by atoms with Gasteiger partial charge in [0.1, 0.15) is 24.2 Å². The number of carbonyl (C=O) groups is 2. The molecule has 2 aliphatic rings. The molecule has 0 radical (unpaired) electrons. The summed E-state index contributed by atoms with van der Waals surface area (Å²) in [5.41, 5.74) is 1.16. The molecule has 1 saturated heterocycles. The Morgan fingerprint density at radius 3 is 2.50 bits per heavy atom. The summed E-state index contributed by atoms with van der Waals surface area (Å²) in [4.78, 5) is 30.2. The summed E-state index contributed by atoms with van der Waals surface area (Å²) in [6, 6.07) is 11.2. The van der Waals surface area contributed by atoms with Crippen LogP contribution in [0.5, 0.6) is 5.75 Å². The largest absolute Gasteiger partial charge is 0.508 e. The Hall–Kier alpha value is -3.86. The maximum Gasteiger partial charge on any atom is 0.247 e. The summed E-state index contributed by atoms with van der Waals surface area (Å²) in [5, 5.41) is 25.3. The number of carbonyl (C=O) groups excluding carboxylic acids is 2. The van der Waals surface area contributed by atoms with Gasteiger partial charge in [0.05, 0.1) is 6.10 Å². The van der Waals surface area contributed by atoms with E-state index >= 15 is 0 Å². The average Bonchev–Trinajstić information content (AvgIpc) is 3.69. The summed E-state index contributed by atoms with van der Waals surface area (Å²) >= 11 is 0. The molecule has 2 fully saturated rings. The highest BCUT2D eigenvalue weighted by Gasteiger charge is 2.35. The van der Waals surface area contributed by atoms with Crippen LogP contribution in [0.4, 0.5) is 4.39 Å². The van der Waals surface area contributed by atoms with E-state index in [4.69, 9.17) is 4.74 Å². The zero-order valence-corrected chi connectivity index (χ0v) is 21.0. The molecule has 1 saturated carbocycles. The maximum absolute atomic E-state index is 13.8. The fourth-order valence-electron chi connectivity index (χ4n) is 5.08. The quantitative estimate of drug-likeness (QED) is 0.443. The summed E-state index contributed by atoms with van der Waals surface area (Å²) < 4.78 is 19.1. The van der Waals surface area contributed by atoms with Crippen LogP contribution in [0.25, 0.3) is 11.4 Å². The summed E-state index contributed by atoms with van der Waals surface area (Å²) in [5.74, 6) is -0.689. The van der Waals surface area contributed by atoms with Gasteiger partial charge in [0, 0.05) is 24.8 Å². The van der Waals surface area contributed by atoms with Crippen molar-refractivity contribution in [3.63, 3.8) is 0 Å². The zero-order chi connectivity index (χ0) is 26.5. The Kier molecular flexibility index (Phi) is 7.92. The molecule has 11 heteroatoms. The number of hydrogen-bond donors (Lipinski definition) is 2. The summed E-state index contributed by atoms with van der Waals surface area (Å²) in [6.45, 7) is 0.588. The van der Waals surface area contributed by atoms with E-state index in [2.05, 4.69) is 20.7 Å². The number of benzene rings is 2. The lowest BCUT2D eigenvalue weighted by Crippen LogP contribution is -2.49. The van der Waals surface area contributed by atoms with E-state index < -0.39 is 6.04 Å². The molecule has 10 nitrogen and oxygen atoms in total. The average molecular weight is 523 g/mol. The van der Waals surface area contributed by atoms with Crippen LogP contribution in [0.15, 0.2) is 48.5 Å². The normalized spacial score (nSPS) is 18.4. The van der Waals surface area contributed by atoms with Crippen molar-refractivity contribution in [1.29, 1.82) is 0 Å². The minimum Gasteiger partial charge on any atom is -0.508 e. The molecular formula is C27H31FN6O4. The number of amides is 2. The molecule has 1 aliphatic carbocycles. The molecule has 0 bridgehead atoms. The third kappa shape index (κ3) is 6.16. The van der Waals surface area contributed by atoms with E-state index in [-0.39, 0.29) is 54.4 Å². The first kappa shape index (κ1) is 25.8. The van der Waals surface area contributed by atoms with Crippen LogP contribution < -0.4 is 5.32 Å². The van der Waals surface area contributed by atoms with Gasteiger partial charge in [-0.15, -0.1) is 10.2 Å². The van der Waals surface area contributed by atoms with Gasteiger partial charge < -0.3 is 20.1 Å². The van der Waals surface area contributed by atoms with Crippen molar-refractivity contribution in [3.05, 3.63) is 59.9 Å². The lowest BCUT2D eigenvalue weighted by molar-refractivity contribution is -0.143. The van der Waals surface area contributed by atoms with Crippen LogP contribution in [0, 0.1) is 5.82 Å². The Balaban J connectivity index is 1.42. The van der Waals surface area contributed by atoms with Gasteiger partial charge in [0.2, 0.25) is 17.6 Å². The number of halogens is 1. The van der Waals surface area contributed by atoms with E-state index in [1.54, 1.807) is 12.1 Å². The minimum absolute atomic E-state index is 0.0667. The highest BCUT2D eigenvalue weighted by atomic mass is 19.1. The predicted octanol–water partition coefficient (Wildman–Crippen LogP) is 2.99. The van der Waals surface area contributed by atoms with Crippen molar-refractivity contribution in [3.8, 4) is 17.1 Å². The molecule has 38 heavy (non-hydrogen) atoms. The monoisotopic (exact) mass is 522 g/mol. The number of phenolic OH excluding ortho intramolecular Hbond substituents is 1.